The lowest BCUT2D eigenvalue weighted by Crippen LogP contribution is -2.37. The number of ether oxygens (including phenoxy) is 2. The molecule has 2 heterocycles. The summed E-state index contributed by atoms with van der Waals surface area (Å²) in [5, 5.41) is 4.80. The molecule has 0 fully saturated rings. The number of carbonyl (C=O) groups is 3. The van der Waals surface area contributed by atoms with Crippen LogP contribution in [-0.2, 0) is 4.79 Å². The molecule has 0 radical (unpaired) electrons. The van der Waals surface area contributed by atoms with E-state index in [1.807, 2.05) is 6.07 Å². The lowest BCUT2D eigenvalue weighted by atomic mass is 10.1. The molecule has 3 aromatic rings. The first-order chi connectivity index (χ1) is 14.5. The molecule has 8 nitrogen and oxygen atoms in total. The minimum atomic E-state index is -0.502. The van der Waals surface area contributed by atoms with Gasteiger partial charge in [0.15, 0.2) is 16.6 Å². The quantitative estimate of drug-likeness (QED) is 0.612. The highest BCUT2D eigenvalue weighted by Gasteiger charge is 2.36. The Labute approximate surface area is 176 Å². The van der Waals surface area contributed by atoms with Crippen LogP contribution >= 0.6 is 11.3 Å². The number of anilines is 1. The molecule has 2 aromatic carbocycles. The molecular weight excluding hydrogens is 406 g/mol. The number of methoxy groups -OCH3 is 2. The summed E-state index contributed by atoms with van der Waals surface area (Å²) in [6, 6.07) is 11.9. The van der Waals surface area contributed by atoms with Crippen LogP contribution in [0.2, 0.25) is 0 Å². The summed E-state index contributed by atoms with van der Waals surface area (Å²) in [5.74, 6) is -0.283. The molecule has 4 rings (SSSR count). The van der Waals surface area contributed by atoms with Crippen molar-refractivity contribution in [3.05, 3.63) is 59.0 Å². The van der Waals surface area contributed by atoms with Gasteiger partial charge in [-0.05, 0) is 30.3 Å². The van der Waals surface area contributed by atoms with Gasteiger partial charge in [0.05, 0.1) is 31.0 Å². The average Bonchev–Trinajstić information content (AvgIpc) is 3.32. The Morgan fingerprint density at radius 3 is 2.33 bits per heavy atom. The van der Waals surface area contributed by atoms with E-state index in [2.05, 4.69) is 10.3 Å². The van der Waals surface area contributed by atoms with Crippen LogP contribution in [0.15, 0.2) is 47.8 Å². The Balaban J connectivity index is 1.45. The highest BCUT2D eigenvalue weighted by Crippen LogP contribution is 2.33. The highest BCUT2D eigenvalue weighted by atomic mass is 32.1. The number of fused-ring (bicyclic) bond motifs is 1. The Hall–Kier alpha value is -3.72. The first kappa shape index (κ1) is 19.6. The van der Waals surface area contributed by atoms with Crippen LogP contribution in [0, 0.1) is 0 Å². The number of thiazole rings is 1. The summed E-state index contributed by atoms with van der Waals surface area (Å²) in [4.78, 5) is 42.5. The zero-order valence-corrected chi connectivity index (χ0v) is 17.0. The van der Waals surface area contributed by atoms with E-state index in [-0.39, 0.29) is 6.54 Å². The third-order valence-electron chi connectivity index (χ3n) is 4.61. The number of nitrogens with one attached hydrogen (secondary N) is 1. The number of carbonyl (C=O) groups excluding carboxylic acids is 3. The van der Waals surface area contributed by atoms with E-state index in [4.69, 9.17) is 9.47 Å². The number of imide groups is 1. The maximum atomic E-state index is 12.4. The zero-order chi connectivity index (χ0) is 21.3. The van der Waals surface area contributed by atoms with Crippen LogP contribution in [0.5, 0.6) is 11.5 Å². The molecular formula is C21H17N3O5S. The van der Waals surface area contributed by atoms with E-state index in [1.54, 1.807) is 56.0 Å². The number of rotatable bonds is 6. The maximum Gasteiger partial charge on any atom is 0.262 e. The summed E-state index contributed by atoms with van der Waals surface area (Å²) in [5.41, 5.74) is 2.06. The highest BCUT2D eigenvalue weighted by molar-refractivity contribution is 7.14. The summed E-state index contributed by atoms with van der Waals surface area (Å²) >= 11 is 1.24. The zero-order valence-electron chi connectivity index (χ0n) is 16.2. The van der Waals surface area contributed by atoms with Crippen molar-refractivity contribution in [2.45, 2.75) is 0 Å². The van der Waals surface area contributed by atoms with Crippen molar-refractivity contribution in [3.63, 3.8) is 0 Å². The van der Waals surface area contributed by atoms with Crippen molar-refractivity contribution >= 4 is 34.2 Å². The summed E-state index contributed by atoms with van der Waals surface area (Å²) in [7, 11) is 3.11. The van der Waals surface area contributed by atoms with Gasteiger partial charge in [-0.15, -0.1) is 11.3 Å². The Bertz CT molecular complexity index is 1120. The third-order valence-corrected chi connectivity index (χ3v) is 5.37. The van der Waals surface area contributed by atoms with Gasteiger partial charge in [0, 0.05) is 10.9 Å². The minimum Gasteiger partial charge on any atom is -0.493 e. The Morgan fingerprint density at radius 1 is 1.03 bits per heavy atom. The van der Waals surface area contributed by atoms with E-state index in [0.29, 0.717) is 33.5 Å². The molecule has 3 amide bonds. The number of benzene rings is 2. The molecule has 0 saturated heterocycles. The number of hydrogen-bond donors (Lipinski definition) is 1. The van der Waals surface area contributed by atoms with Crippen LogP contribution in [-0.4, -0.2) is 48.4 Å². The third kappa shape index (κ3) is 3.50. The van der Waals surface area contributed by atoms with Gasteiger partial charge in [0.25, 0.3) is 11.8 Å². The van der Waals surface area contributed by atoms with Crippen molar-refractivity contribution in [1.82, 2.24) is 9.88 Å². The van der Waals surface area contributed by atoms with Crippen LogP contribution in [0.3, 0.4) is 0 Å². The van der Waals surface area contributed by atoms with Crippen molar-refractivity contribution in [1.29, 1.82) is 0 Å². The van der Waals surface area contributed by atoms with E-state index in [9.17, 15) is 14.4 Å². The largest absolute Gasteiger partial charge is 0.493 e. The summed E-state index contributed by atoms with van der Waals surface area (Å²) in [6.07, 6.45) is 0. The van der Waals surface area contributed by atoms with Gasteiger partial charge in [0.2, 0.25) is 5.91 Å². The first-order valence-corrected chi connectivity index (χ1v) is 9.82. The molecule has 9 heteroatoms. The van der Waals surface area contributed by atoms with Crippen molar-refractivity contribution in [2.75, 3.05) is 26.1 Å². The van der Waals surface area contributed by atoms with Gasteiger partial charge in [-0.2, -0.15) is 0 Å². The molecule has 1 N–H and O–H groups in total. The smallest absolute Gasteiger partial charge is 0.262 e. The monoisotopic (exact) mass is 423 g/mol. The second-order valence-electron chi connectivity index (χ2n) is 6.40. The van der Waals surface area contributed by atoms with Crippen LogP contribution in [0.25, 0.3) is 11.3 Å². The van der Waals surface area contributed by atoms with Crippen molar-refractivity contribution in [3.8, 4) is 22.8 Å². The molecule has 1 aliphatic heterocycles. The molecule has 1 aliphatic rings. The van der Waals surface area contributed by atoms with Crippen molar-refractivity contribution < 1.29 is 23.9 Å². The number of aromatic nitrogens is 1. The fourth-order valence-electron chi connectivity index (χ4n) is 3.14. The molecule has 0 unspecified atom stereocenters. The number of hydrogen-bond acceptors (Lipinski definition) is 7. The van der Waals surface area contributed by atoms with E-state index in [1.165, 1.54) is 11.3 Å². The maximum absolute atomic E-state index is 12.4. The Morgan fingerprint density at radius 2 is 1.70 bits per heavy atom. The Kier molecular flexibility index (Phi) is 5.20. The molecule has 0 spiro atoms. The van der Waals surface area contributed by atoms with E-state index >= 15 is 0 Å². The second-order valence-corrected chi connectivity index (χ2v) is 7.26. The van der Waals surface area contributed by atoms with Gasteiger partial charge < -0.3 is 14.8 Å². The second kappa shape index (κ2) is 7.96. The summed E-state index contributed by atoms with van der Waals surface area (Å²) < 4.78 is 10.5. The van der Waals surface area contributed by atoms with Crippen LogP contribution in [0.1, 0.15) is 20.7 Å². The van der Waals surface area contributed by atoms with Gasteiger partial charge in [-0.3, -0.25) is 19.3 Å². The molecule has 152 valence electrons. The standard InChI is InChI=1S/C21H17N3O5S/c1-28-16-8-7-12(9-17(16)29-2)15-11-30-21(22-15)23-18(25)10-24-19(26)13-5-3-4-6-14(13)20(24)27/h3-9,11H,10H2,1-2H3,(H,22,23,25). The molecule has 0 aliphatic carbocycles. The lowest BCUT2D eigenvalue weighted by molar-refractivity contribution is -0.116. The minimum absolute atomic E-state index is 0.306. The van der Waals surface area contributed by atoms with Crippen molar-refractivity contribution in [2.24, 2.45) is 0 Å². The molecule has 1 aromatic heterocycles. The first-order valence-electron chi connectivity index (χ1n) is 8.95. The fourth-order valence-corrected chi connectivity index (χ4v) is 3.88. The number of amides is 3. The van der Waals surface area contributed by atoms with Gasteiger partial charge in [-0.1, -0.05) is 12.1 Å². The van der Waals surface area contributed by atoms with Gasteiger partial charge in [0.1, 0.15) is 6.54 Å². The lowest BCUT2D eigenvalue weighted by Gasteiger charge is -2.12. The molecule has 0 saturated carbocycles. The predicted octanol–water partition coefficient (Wildman–Crippen LogP) is 3.06. The van der Waals surface area contributed by atoms with E-state index in [0.717, 1.165) is 10.5 Å². The van der Waals surface area contributed by atoms with Crippen LogP contribution < -0.4 is 14.8 Å². The summed E-state index contributed by atoms with van der Waals surface area (Å²) in [6.45, 7) is -0.377. The SMILES string of the molecule is COc1ccc(-c2csc(NC(=O)CN3C(=O)c4ccccc4C3=O)n2)cc1OC. The van der Waals surface area contributed by atoms with E-state index < -0.39 is 17.7 Å². The van der Waals surface area contributed by atoms with Gasteiger partial charge >= 0.3 is 0 Å². The predicted molar refractivity (Wildman–Crippen MR) is 111 cm³/mol. The molecule has 0 atom stereocenters. The molecule has 30 heavy (non-hydrogen) atoms. The fraction of sp³-hybridized carbons (Fsp3) is 0.143. The molecule has 0 bridgehead atoms. The average molecular weight is 423 g/mol. The normalized spacial score (nSPS) is 12.7. The number of nitrogens with zero attached hydrogens (tertiary/aromatic N) is 2. The van der Waals surface area contributed by atoms with Gasteiger partial charge in [-0.25, -0.2) is 4.98 Å². The van der Waals surface area contributed by atoms with Crippen LogP contribution in [0.4, 0.5) is 5.13 Å². The topological polar surface area (TPSA) is 97.8 Å².